The van der Waals surface area contributed by atoms with Gasteiger partial charge in [0, 0.05) is 12.2 Å². The predicted octanol–water partition coefficient (Wildman–Crippen LogP) is 2.13. The third-order valence-electron chi connectivity index (χ3n) is 1.69. The molecule has 1 rings (SSSR count). The van der Waals surface area contributed by atoms with Crippen molar-refractivity contribution in [3.05, 3.63) is 30.3 Å². The second-order valence-electron chi connectivity index (χ2n) is 2.76. The number of hydrogen-bond donors (Lipinski definition) is 1. The molecule has 0 aliphatic carbocycles. The van der Waals surface area contributed by atoms with E-state index in [-0.39, 0.29) is 0 Å². The van der Waals surface area contributed by atoms with Crippen molar-refractivity contribution in [3.8, 4) is 12.5 Å². The molecule has 0 bridgehead atoms. The molecule has 1 aromatic rings. The first-order valence-electron chi connectivity index (χ1n) is 4.56. The van der Waals surface area contributed by atoms with E-state index in [1.54, 1.807) is 0 Å². The smallest absolute Gasteiger partial charge is 0.328 e. The van der Waals surface area contributed by atoms with Crippen LogP contribution in [0.3, 0.4) is 0 Å². The van der Waals surface area contributed by atoms with Crippen molar-refractivity contribution in [1.29, 1.82) is 0 Å². The van der Waals surface area contributed by atoms with E-state index in [0.717, 1.165) is 24.7 Å². The average molecular weight is 203 g/mol. The van der Waals surface area contributed by atoms with Crippen LogP contribution in [0.1, 0.15) is 6.42 Å². The van der Waals surface area contributed by atoms with Crippen LogP contribution >= 0.6 is 0 Å². The van der Waals surface area contributed by atoms with Gasteiger partial charge in [0.15, 0.2) is 0 Å². The summed E-state index contributed by atoms with van der Waals surface area (Å²) in [5.41, 5.74) is 1.16. The lowest BCUT2D eigenvalue weighted by atomic mass is 10.3. The summed E-state index contributed by atoms with van der Waals surface area (Å²) in [4.78, 5) is 0. The van der Waals surface area contributed by atoms with E-state index in [9.17, 15) is 0 Å². The van der Waals surface area contributed by atoms with Gasteiger partial charge in [0.05, 0.1) is 6.11 Å². The highest BCUT2D eigenvalue weighted by Gasteiger charge is 1.92. The summed E-state index contributed by atoms with van der Waals surface area (Å²) in [6, 6.07) is 11.2. The maximum absolute atomic E-state index is 4.95. The Labute approximate surface area is 87.6 Å². The van der Waals surface area contributed by atoms with Crippen LogP contribution in [-0.2, 0) is 4.43 Å². The van der Waals surface area contributed by atoms with Crippen LogP contribution < -0.4 is 5.32 Å². The topological polar surface area (TPSA) is 21.3 Å². The zero-order valence-electron chi connectivity index (χ0n) is 7.99. The van der Waals surface area contributed by atoms with Gasteiger partial charge in [-0.15, -0.1) is 0 Å². The average Bonchev–Trinajstić information content (AvgIpc) is 2.25. The molecule has 0 atom stereocenters. The molecule has 0 unspecified atom stereocenters. The number of rotatable bonds is 6. The molecule has 72 valence electrons. The van der Waals surface area contributed by atoms with Crippen LogP contribution in [0.5, 0.6) is 0 Å². The molecule has 0 amide bonds. The molecule has 1 aromatic carbocycles. The zero-order chi connectivity index (χ0) is 10.1. The normalized spacial score (nSPS) is 9.07. The number of hydrogen-bond acceptors (Lipinski definition) is 2. The molecule has 0 spiro atoms. The molecule has 0 saturated heterocycles. The lowest BCUT2D eigenvalue weighted by molar-refractivity contribution is 0.554. The lowest BCUT2D eigenvalue weighted by Crippen LogP contribution is -2.03. The van der Waals surface area contributed by atoms with Gasteiger partial charge in [-0.25, -0.2) is 0 Å². The largest absolute Gasteiger partial charge is 0.500 e. The molecule has 14 heavy (non-hydrogen) atoms. The summed E-state index contributed by atoms with van der Waals surface area (Å²) >= 11 is 0. The summed E-state index contributed by atoms with van der Waals surface area (Å²) in [5, 5.41) is 3.32. The highest BCUT2D eigenvalue weighted by Crippen LogP contribution is 2.04. The van der Waals surface area contributed by atoms with Crippen LogP contribution in [0, 0.1) is 12.5 Å². The molecular weight excluding hydrogens is 190 g/mol. The van der Waals surface area contributed by atoms with E-state index >= 15 is 0 Å². The Kier molecular flexibility index (Phi) is 5.37. The Balaban J connectivity index is 2.03. The van der Waals surface area contributed by atoms with Gasteiger partial charge < -0.3 is 9.74 Å². The Hall–Kier alpha value is -1.40. The fourth-order valence-electron chi connectivity index (χ4n) is 1.04. The predicted molar refractivity (Wildman–Crippen MR) is 60.0 cm³/mol. The van der Waals surface area contributed by atoms with Gasteiger partial charge in [0.25, 0.3) is 0 Å². The SMILES string of the molecule is C#CO[Si]CCCNc1ccccc1. The molecule has 1 N–H and O–H groups in total. The molecule has 0 heterocycles. The lowest BCUT2D eigenvalue weighted by Gasteiger charge is -2.04. The zero-order valence-corrected chi connectivity index (χ0v) is 8.99. The molecule has 2 nitrogen and oxygen atoms in total. The molecule has 0 fully saturated rings. The van der Waals surface area contributed by atoms with E-state index in [1.807, 2.05) is 18.2 Å². The first-order valence-corrected chi connectivity index (χ1v) is 5.68. The fourth-order valence-corrected chi connectivity index (χ4v) is 1.55. The maximum Gasteiger partial charge on any atom is 0.328 e. The Bertz CT molecular complexity index is 281. The molecule has 0 aliphatic heterocycles. The van der Waals surface area contributed by atoms with Gasteiger partial charge in [0.2, 0.25) is 0 Å². The van der Waals surface area contributed by atoms with Gasteiger partial charge in [-0.05, 0) is 24.6 Å². The fraction of sp³-hybridized carbons (Fsp3) is 0.273. The monoisotopic (exact) mass is 203 g/mol. The summed E-state index contributed by atoms with van der Waals surface area (Å²) < 4.78 is 4.81. The Morgan fingerprint density at radius 2 is 2.14 bits per heavy atom. The van der Waals surface area contributed by atoms with Crippen LogP contribution in [0.2, 0.25) is 6.04 Å². The van der Waals surface area contributed by atoms with Gasteiger partial charge in [-0.3, -0.25) is 0 Å². The van der Waals surface area contributed by atoms with Crippen LogP contribution in [0.4, 0.5) is 5.69 Å². The summed E-state index contributed by atoms with van der Waals surface area (Å²) in [7, 11) is 0.424. The van der Waals surface area contributed by atoms with Crippen LogP contribution in [-0.4, -0.2) is 16.3 Å². The first-order chi connectivity index (χ1) is 6.93. The van der Waals surface area contributed by atoms with Gasteiger partial charge in [0.1, 0.15) is 0 Å². The quantitative estimate of drug-likeness (QED) is 0.434. The second kappa shape index (κ2) is 7.04. The van der Waals surface area contributed by atoms with Gasteiger partial charge in [-0.1, -0.05) is 24.6 Å². The third-order valence-corrected chi connectivity index (χ3v) is 2.51. The van der Waals surface area contributed by atoms with Crippen molar-refractivity contribution in [2.45, 2.75) is 12.5 Å². The van der Waals surface area contributed by atoms with Crippen molar-refractivity contribution in [2.24, 2.45) is 0 Å². The minimum Gasteiger partial charge on any atom is -0.500 e. The van der Waals surface area contributed by atoms with Gasteiger partial charge >= 0.3 is 9.76 Å². The number of para-hydroxylation sites is 1. The number of terminal acetylenes is 1. The van der Waals surface area contributed by atoms with E-state index in [0.29, 0.717) is 9.76 Å². The van der Waals surface area contributed by atoms with Crippen LogP contribution in [0.25, 0.3) is 0 Å². The number of nitrogens with one attached hydrogen (secondary N) is 1. The second-order valence-corrected chi connectivity index (χ2v) is 3.75. The van der Waals surface area contributed by atoms with E-state index in [1.165, 1.54) is 0 Å². The Morgan fingerprint density at radius 1 is 1.36 bits per heavy atom. The minimum atomic E-state index is 0.424. The van der Waals surface area contributed by atoms with Crippen molar-refractivity contribution in [1.82, 2.24) is 0 Å². The van der Waals surface area contributed by atoms with E-state index in [4.69, 9.17) is 10.8 Å². The molecule has 0 saturated carbocycles. The third kappa shape index (κ3) is 4.58. The molecular formula is C11H13NOSi. The molecule has 2 radical (unpaired) electrons. The van der Waals surface area contributed by atoms with E-state index < -0.39 is 0 Å². The summed E-state index contributed by atoms with van der Waals surface area (Å²) in [5.74, 6) is 0. The first kappa shape index (κ1) is 10.7. The Morgan fingerprint density at radius 3 is 2.86 bits per heavy atom. The highest BCUT2D eigenvalue weighted by atomic mass is 28.2. The standard InChI is InChI=1S/C11H13NOSi/c1-2-13-14-10-6-9-12-11-7-4-3-5-8-11/h1,3-5,7-8,12H,6,9-10H2. The van der Waals surface area contributed by atoms with Crippen molar-refractivity contribution in [2.75, 3.05) is 11.9 Å². The minimum absolute atomic E-state index is 0.424. The van der Waals surface area contributed by atoms with Gasteiger partial charge in [-0.2, -0.15) is 0 Å². The summed E-state index contributed by atoms with van der Waals surface area (Å²) in [6.07, 6.45) is 8.20. The van der Waals surface area contributed by atoms with E-state index in [2.05, 4.69) is 23.6 Å². The molecule has 0 aromatic heterocycles. The maximum atomic E-state index is 4.95. The van der Waals surface area contributed by atoms with Crippen LogP contribution in [0.15, 0.2) is 30.3 Å². The number of benzene rings is 1. The number of anilines is 1. The molecule has 0 aliphatic rings. The highest BCUT2D eigenvalue weighted by molar-refractivity contribution is 6.27. The summed E-state index contributed by atoms with van der Waals surface area (Å²) in [6.45, 7) is 0.963. The van der Waals surface area contributed by atoms with Crippen molar-refractivity contribution < 1.29 is 4.43 Å². The van der Waals surface area contributed by atoms with Crippen molar-refractivity contribution >= 4 is 15.5 Å². The van der Waals surface area contributed by atoms with Crippen molar-refractivity contribution in [3.63, 3.8) is 0 Å². The molecule has 3 heteroatoms.